The Hall–Kier alpha value is -3.72. The van der Waals surface area contributed by atoms with Crippen molar-refractivity contribution in [2.45, 2.75) is 25.4 Å². The molecule has 2 aromatic carbocycles. The van der Waals surface area contributed by atoms with Crippen LogP contribution in [-0.2, 0) is 11.3 Å². The van der Waals surface area contributed by atoms with Gasteiger partial charge in [0.2, 0.25) is 0 Å². The number of benzene rings is 2. The third-order valence-electron chi connectivity index (χ3n) is 5.51. The van der Waals surface area contributed by atoms with E-state index < -0.39 is 23.3 Å². The number of carbonyl (C=O) groups excluding carboxylic acids is 2. The van der Waals surface area contributed by atoms with E-state index in [9.17, 15) is 18.8 Å². The lowest BCUT2D eigenvalue weighted by Gasteiger charge is -2.32. The molecule has 1 aromatic heterocycles. The van der Waals surface area contributed by atoms with Gasteiger partial charge in [0.1, 0.15) is 17.1 Å². The van der Waals surface area contributed by atoms with Gasteiger partial charge in [-0.3, -0.25) is 14.5 Å². The Kier molecular flexibility index (Phi) is 6.69. The van der Waals surface area contributed by atoms with Crippen LogP contribution >= 0.6 is 0 Å². The van der Waals surface area contributed by atoms with E-state index >= 15 is 0 Å². The number of methoxy groups -OCH3 is 1. The molecule has 33 heavy (non-hydrogen) atoms. The van der Waals surface area contributed by atoms with Crippen LogP contribution in [0.3, 0.4) is 0 Å². The fourth-order valence-electron chi connectivity index (χ4n) is 3.84. The van der Waals surface area contributed by atoms with E-state index in [-0.39, 0.29) is 22.8 Å². The number of carbonyl (C=O) groups is 2. The SMILES string of the molecule is COC(=O)Oc1cccc(CN2CCC(NC(=O)c3cc(=O)c4ccc(F)cc4o3)CC2)c1. The normalized spacial score (nSPS) is 14.7. The van der Waals surface area contributed by atoms with Crippen LogP contribution in [0, 0.1) is 5.82 Å². The number of likely N-dealkylation sites (tertiary alicyclic amines) is 1. The third kappa shape index (κ3) is 5.56. The van der Waals surface area contributed by atoms with E-state index in [1.807, 2.05) is 12.1 Å². The van der Waals surface area contributed by atoms with Crippen molar-refractivity contribution in [2.75, 3.05) is 20.2 Å². The van der Waals surface area contributed by atoms with E-state index in [0.717, 1.165) is 43.6 Å². The minimum Gasteiger partial charge on any atom is -0.451 e. The second-order valence-corrected chi connectivity index (χ2v) is 7.84. The zero-order chi connectivity index (χ0) is 23.4. The first kappa shape index (κ1) is 22.5. The first-order valence-corrected chi connectivity index (χ1v) is 10.5. The standard InChI is InChI=1S/C24H23FN2O6/c1-31-24(30)32-18-4-2-3-15(11-18)14-27-9-7-17(8-10-27)26-23(29)22-13-20(28)19-6-5-16(25)12-21(19)33-22/h2-6,11-13,17H,7-10,14H2,1H3,(H,26,29). The molecule has 1 amide bonds. The van der Waals surface area contributed by atoms with Crippen LogP contribution in [-0.4, -0.2) is 43.2 Å². The van der Waals surface area contributed by atoms with Crippen LogP contribution in [0.25, 0.3) is 11.0 Å². The molecular formula is C24H23FN2O6. The van der Waals surface area contributed by atoms with Crippen molar-refractivity contribution >= 4 is 23.0 Å². The predicted octanol–water partition coefficient (Wildman–Crippen LogP) is 3.47. The maximum absolute atomic E-state index is 13.5. The summed E-state index contributed by atoms with van der Waals surface area (Å²) in [7, 11) is 1.25. The van der Waals surface area contributed by atoms with Gasteiger partial charge in [0.25, 0.3) is 5.91 Å². The van der Waals surface area contributed by atoms with Crippen LogP contribution < -0.4 is 15.5 Å². The Morgan fingerprint density at radius 1 is 1.15 bits per heavy atom. The molecule has 172 valence electrons. The number of ether oxygens (including phenoxy) is 2. The van der Waals surface area contributed by atoms with Gasteiger partial charge in [-0.05, 0) is 42.7 Å². The summed E-state index contributed by atoms with van der Waals surface area (Å²) in [5.41, 5.74) is 0.638. The van der Waals surface area contributed by atoms with Crippen molar-refractivity contribution in [3.8, 4) is 5.75 Å². The van der Waals surface area contributed by atoms with Crippen LogP contribution in [0.5, 0.6) is 5.75 Å². The van der Waals surface area contributed by atoms with E-state index in [0.29, 0.717) is 12.3 Å². The number of fused-ring (bicyclic) bond motifs is 1. The topological polar surface area (TPSA) is 98.1 Å². The highest BCUT2D eigenvalue weighted by Crippen LogP contribution is 2.19. The summed E-state index contributed by atoms with van der Waals surface area (Å²) in [6.45, 7) is 2.17. The summed E-state index contributed by atoms with van der Waals surface area (Å²) < 4.78 is 28.5. The molecule has 1 saturated heterocycles. The van der Waals surface area contributed by atoms with E-state index in [4.69, 9.17) is 9.15 Å². The number of nitrogens with zero attached hydrogens (tertiary/aromatic N) is 1. The molecule has 0 aliphatic carbocycles. The second kappa shape index (κ2) is 9.83. The molecular weight excluding hydrogens is 431 g/mol. The average Bonchev–Trinajstić information content (AvgIpc) is 2.80. The largest absolute Gasteiger partial charge is 0.513 e. The molecule has 0 spiro atoms. The van der Waals surface area contributed by atoms with Crippen molar-refractivity contribution in [3.63, 3.8) is 0 Å². The van der Waals surface area contributed by atoms with Gasteiger partial charge >= 0.3 is 6.16 Å². The number of piperidine rings is 1. The van der Waals surface area contributed by atoms with Crippen LogP contribution in [0.15, 0.2) is 57.7 Å². The molecule has 0 atom stereocenters. The predicted molar refractivity (Wildman–Crippen MR) is 118 cm³/mol. The molecule has 1 N–H and O–H groups in total. The summed E-state index contributed by atoms with van der Waals surface area (Å²) >= 11 is 0. The van der Waals surface area contributed by atoms with Crippen LogP contribution in [0.1, 0.15) is 29.0 Å². The van der Waals surface area contributed by atoms with Gasteiger partial charge in [-0.15, -0.1) is 0 Å². The fourth-order valence-corrected chi connectivity index (χ4v) is 3.84. The van der Waals surface area contributed by atoms with E-state index in [1.54, 1.807) is 12.1 Å². The lowest BCUT2D eigenvalue weighted by atomic mass is 10.0. The summed E-state index contributed by atoms with van der Waals surface area (Å²) in [5.74, 6) is -0.761. The molecule has 0 radical (unpaired) electrons. The van der Waals surface area contributed by atoms with Crippen molar-refractivity contribution in [3.05, 3.63) is 75.9 Å². The monoisotopic (exact) mass is 454 g/mol. The van der Waals surface area contributed by atoms with Crippen LogP contribution in [0.4, 0.5) is 9.18 Å². The Morgan fingerprint density at radius 2 is 1.94 bits per heavy atom. The summed E-state index contributed by atoms with van der Waals surface area (Å²) in [5, 5.41) is 3.12. The van der Waals surface area contributed by atoms with Crippen molar-refractivity contribution in [2.24, 2.45) is 0 Å². The first-order chi connectivity index (χ1) is 15.9. The molecule has 8 nitrogen and oxygen atoms in total. The summed E-state index contributed by atoms with van der Waals surface area (Å²) in [4.78, 5) is 38.3. The number of hydrogen-bond donors (Lipinski definition) is 1. The lowest BCUT2D eigenvalue weighted by Crippen LogP contribution is -2.44. The number of hydrogen-bond acceptors (Lipinski definition) is 7. The molecule has 3 aromatic rings. The highest BCUT2D eigenvalue weighted by Gasteiger charge is 2.23. The van der Waals surface area contributed by atoms with Gasteiger partial charge in [0, 0.05) is 37.8 Å². The van der Waals surface area contributed by atoms with Gasteiger partial charge < -0.3 is 19.2 Å². The maximum atomic E-state index is 13.5. The molecule has 0 saturated carbocycles. The van der Waals surface area contributed by atoms with E-state index in [2.05, 4.69) is 15.0 Å². The van der Waals surface area contributed by atoms with Gasteiger partial charge in [0.15, 0.2) is 11.2 Å². The molecule has 2 heterocycles. The third-order valence-corrected chi connectivity index (χ3v) is 5.51. The minimum absolute atomic E-state index is 0.0425. The van der Waals surface area contributed by atoms with E-state index in [1.165, 1.54) is 19.2 Å². The molecule has 1 aliphatic rings. The lowest BCUT2D eigenvalue weighted by molar-refractivity contribution is 0.0881. The molecule has 1 fully saturated rings. The highest BCUT2D eigenvalue weighted by molar-refractivity contribution is 5.93. The molecule has 9 heteroatoms. The first-order valence-electron chi connectivity index (χ1n) is 10.5. The van der Waals surface area contributed by atoms with Gasteiger partial charge in [-0.25, -0.2) is 9.18 Å². The quantitative estimate of drug-likeness (QED) is 0.466. The smallest absolute Gasteiger partial charge is 0.451 e. The Bertz CT molecular complexity index is 1230. The number of rotatable bonds is 5. The molecule has 1 aliphatic heterocycles. The maximum Gasteiger partial charge on any atom is 0.513 e. The number of nitrogens with one attached hydrogen (secondary N) is 1. The Balaban J connectivity index is 1.33. The Morgan fingerprint density at radius 3 is 2.70 bits per heavy atom. The molecule has 0 unspecified atom stereocenters. The van der Waals surface area contributed by atoms with Crippen molar-refractivity contribution < 1.29 is 27.9 Å². The minimum atomic E-state index is -0.768. The number of amides is 1. The van der Waals surface area contributed by atoms with Gasteiger partial charge in [0.05, 0.1) is 12.5 Å². The van der Waals surface area contributed by atoms with Gasteiger partial charge in [-0.2, -0.15) is 0 Å². The summed E-state index contributed by atoms with van der Waals surface area (Å²) in [6, 6.07) is 11.9. The van der Waals surface area contributed by atoms with Crippen LogP contribution in [0.2, 0.25) is 0 Å². The van der Waals surface area contributed by atoms with Gasteiger partial charge in [-0.1, -0.05) is 12.1 Å². The fraction of sp³-hybridized carbons (Fsp3) is 0.292. The highest BCUT2D eigenvalue weighted by atomic mass is 19.1. The Labute approximate surface area is 188 Å². The summed E-state index contributed by atoms with van der Waals surface area (Å²) in [6.07, 6.45) is 0.670. The zero-order valence-electron chi connectivity index (χ0n) is 18.0. The second-order valence-electron chi connectivity index (χ2n) is 7.84. The zero-order valence-corrected chi connectivity index (χ0v) is 18.0. The van der Waals surface area contributed by atoms with Crippen molar-refractivity contribution in [1.82, 2.24) is 10.2 Å². The number of halogens is 1. The van der Waals surface area contributed by atoms with Crippen molar-refractivity contribution in [1.29, 1.82) is 0 Å². The molecule has 4 rings (SSSR count). The average molecular weight is 454 g/mol. The molecule has 0 bridgehead atoms.